The van der Waals surface area contributed by atoms with E-state index < -0.39 is 0 Å². The number of hydrazone groups is 1. The second-order valence-electron chi connectivity index (χ2n) is 6.21. The van der Waals surface area contributed by atoms with Gasteiger partial charge in [-0.3, -0.25) is 9.91 Å². The summed E-state index contributed by atoms with van der Waals surface area (Å²) >= 11 is 5.95. The molecule has 1 fully saturated rings. The predicted molar refractivity (Wildman–Crippen MR) is 105 cm³/mol. The normalized spacial score (nSPS) is 15.4. The molecule has 2 aromatic rings. The van der Waals surface area contributed by atoms with Crippen molar-refractivity contribution in [2.24, 2.45) is 5.10 Å². The Labute approximate surface area is 159 Å². The summed E-state index contributed by atoms with van der Waals surface area (Å²) in [7, 11) is 3.32. The fourth-order valence-electron chi connectivity index (χ4n) is 2.94. The lowest BCUT2D eigenvalue weighted by Crippen LogP contribution is -2.43. The van der Waals surface area contributed by atoms with Crippen LogP contribution in [0.25, 0.3) is 0 Å². The van der Waals surface area contributed by atoms with Crippen LogP contribution in [0.5, 0.6) is 11.5 Å². The SMILES string of the molecule is COc1ccc(OC)c(C=NN2CCN(Cc3ccc(Cl)cc3)CC2)c1. The zero-order valence-electron chi connectivity index (χ0n) is 15.2. The van der Waals surface area contributed by atoms with E-state index >= 15 is 0 Å². The predicted octanol–water partition coefficient (Wildman–Crippen LogP) is 3.51. The van der Waals surface area contributed by atoms with Crippen LogP contribution in [0.4, 0.5) is 0 Å². The number of halogens is 1. The zero-order valence-corrected chi connectivity index (χ0v) is 15.9. The number of methoxy groups -OCH3 is 2. The highest BCUT2D eigenvalue weighted by atomic mass is 35.5. The number of hydrogen-bond acceptors (Lipinski definition) is 5. The summed E-state index contributed by atoms with van der Waals surface area (Å²) in [5, 5.41) is 7.49. The number of benzene rings is 2. The average molecular weight is 374 g/mol. The van der Waals surface area contributed by atoms with Crippen molar-refractivity contribution in [3.05, 3.63) is 58.6 Å². The van der Waals surface area contributed by atoms with Gasteiger partial charge >= 0.3 is 0 Å². The van der Waals surface area contributed by atoms with E-state index in [1.165, 1.54) is 5.56 Å². The van der Waals surface area contributed by atoms with Gasteiger partial charge in [0, 0.05) is 43.3 Å². The Balaban J connectivity index is 1.55. The fourth-order valence-corrected chi connectivity index (χ4v) is 3.07. The monoisotopic (exact) mass is 373 g/mol. The average Bonchev–Trinajstić information content (AvgIpc) is 2.69. The summed E-state index contributed by atoms with van der Waals surface area (Å²) in [6.45, 7) is 4.70. The van der Waals surface area contributed by atoms with Gasteiger partial charge in [0.05, 0.1) is 20.4 Å². The molecule has 26 heavy (non-hydrogen) atoms. The van der Waals surface area contributed by atoms with Gasteiger partial charge in [0.1, 0.15) is 11.5 Å². The summed E-state index contributed by atoms with van der Waals surface area (Å²) in [4.78, 5) is 2.43. The summed E-state index contributed by atoms with van der Waals surface area (Å²) < 4.78 is 10.7. The van der Waals surface area contributed by atoms with Crippen molar-refractivity contribution < 1.29 is 9.47 Å². The highest BCUT2D eigenvalue weighted by Gasteiger charge is 2.15. The van der Waals surface area contributed by atoms with Gasteiger partial charge in [-0.15, -0.1) is 0 Å². The van der Waals surface area contributed by atoms with E-state index in [0.29, 0.717) is 0 Å². The second-order valence-corrected chi connectivity index (χ2v) is 6.65. The lowest BCUT2D eigenvalue weighted by molar-refractivity contribution is 0.131. The number of piperazine rings is 1. The number of rotatable bonds is 6. The van der Waals surface area contributed by atoms with Gasteiger partial charge in [0.15, 0.2) is 0 Å². The molecule has 1 heterocycles. The summed E-state index contributed by atoms with van der Waals surface area (Å²) in [6.07, 6.45) is 1.84. The quantitative estimate of drug-likeness (QED) is 0.726. The van der Waals surface area contributed by atoms with Crippen molar-refractivity contribution in [1.29, 1.82) is 0 Å². The zero-order chi connectivity index (χ0) is 18.4. The first-order valence-electron chi connectivity index (χ1n) is 8.65. The smallest absolute Gasteiger partial charge is 0.127 e. The highest BCUT2D eigenvalue weighted by Crippen LogP contribution is 2.22. The maximum absolute atomic E-state index is 5.95. The first-order chi connectivity index (χ1) is 12.7. The molecule has 0 radical (unpaired) electrons. The molecule has 0 amide bonds. The highest BCUT2D eigenvalue weighted by molar-refractivity contribution is 6.30. The largest absolute Gasteiger partial charge is 0.497 e. The molecule has 1 aliphatic heterocycles. The number of nitrogens with zero attached hydrogens (tertiary/aromatic N) is 3. The Morgan fingerprint density at radius 3 is 2.38 bits per heavy atom. The molecule has 2 aromatic carbocycles. The van der Waals surface area contributed by atoms with Crippen molar-refractivity contribution in [1.82, 2.24) is 9.91 Å². The molecule has 0 bridgehead atoms. The van der Waals surface area contributed by atoms with Crippen molar-refractivity contribution in [2.45, 2.75) is 6.54 Å². The minimum absolute atomic E-state index is 0.779. The van der Waals surface area contributed by atoms with Gasteiger partial charge in [-0.25, -0.2) is 0 Å². The molecule has 0 unspecified atom stereocenters. The van der Waals surface area contributed by atoms with E-state index in [4.69, 9.17) is 21.1 Å². The first-order valence-corrected chi connectivity index (χ1v) is 9.03. The Morgan fingerprint density at radius 1 is 1.00 bits per heavy atom. The van der Waals surface area contributed by atoms with Gasteiger partial charge in [0.25, 0.3) is 0 Å². The summed E-state index contributed by atoms with van der Waals surface area (Å²) in [6, 6.07) is 13.8. The summed E-state index contributed by atoms with van der Waals surface area (Å²) in [5.41, 5.74) is 2.20. The van der Waals surface area contributed by atoms with Gasteiger partial charge in [0.2, 0.25) is 0 Å². The van der Waals surface area contributed by atoms with E-state index in [1.807, 2.05) is 36.5 Å². The topological polar surface area (TPSA) is 37.3 Å². The molecular weight excluding hydrogens is 350 g/mol. The molecule has 0 atom stereocenters. The van der Waals surface area contributed by atoms with Gasteiger partial charge in [-0.05, 0) is 35.9 Å². The molecule has 0 spiro atoms. The van der Waals surface area contributed by atoms with Crippen molar-refractivity contribution in [3.63, 3.8) is 0 Å². The Kier molecular flexibility index (Phi) is 6.36. The maximum atomic E-state index is 5.95. The lowest BCUT2D eigenvalue weighted by Gasteiger charge is -2.33. The third kappa shape index (κ3) is 4.90. The van der Waals surface area contributed by atoms with Crippen LogP contribution in [0.1, 0.15) is 11.1 Å². The standard InChI is InChI=1S/C20H24ClN3O2/c1-25-19-7-8-20(26-2)17(13-19)14-22-24-11-9-23(10-12-24)15-16-3-5-18(21)6-4-16/h3-8,13-14H,9-12,15H2,1-2H3. The minimum atomic E-state index is 0.779. The molecule has 3 rings (SSSR count). The second kappa shape index (κ2) is 8.92. The molecule has 1 aliphatic rings. The summed E-state index contributed by atoms with van der Waals surface area (Å²) in [5.74, 6) is 1.58. The number of ether oxygens (including phenoxy) is 2. The molecule has 5 nitrogen and oxygen atoms in total. The molecule has 138 valence electrons. The third-order valence-corrected chi connectivity index (χ3v) is 4.72. The van der Waals surface area contributed by atoms with Gasteiger partial charge < -0.3 is 9.47 Å². The van der Waals surface area contributed by atoms with E-state index in [0.717, 1.165) is 54.8 Å². The van der Waals surface area contributed by atoms with Crippen LogP contribution in [-0.4, -0.2) is 56.5 Å². The van der Waals surface area contributed by atoms with Crippen molar-refractivity contribution in [3.8, 4) is 11.5 Å². The molecule has 0 aliphatic carbocycles. The molecule has 6 heteroatoms. The molecule has 0 N–H and O–H groups in total. The fraction of sp³-hybridized carbons (Fsp3) is 0.350. The van der Waals surface area contributed by atoms with E-state index in [9.17, 15) is 0 Å². The van der Waals surface area contributed by atoms with Crippen LogP contribution < -0.4 is 9.47 Å². The van der Waals surface area contributed by atoms with Crippen LogP contribution in [0.2, 0.25) is 5.02 Å². The Morgan fingerprint density at radius 2 is 1.73 bits per heavy atom. The maximum Gasteiger partial charge on any atom is 0.127 e. The van der Waals surface area contributed by atoms with Gasteiger partial charge in [-0.2, -0.15) is 5.10 Å². The first kappa shape index (κ1) is 18.5. The molecule has 0 aromatic heterocycles. The van der Waals surface area contributed by atoms with Crippen molar-refractivity contribution in [2.75, 3.05) is 40.4 Å². The Bertz CT molecular complexity index is 741. The van der Waals surface area contributed by atoms with Crippen LogP contribution >= 0.6 is 11.6 Å². The van der Waals surface area contributed by atoms with Crippen LogP contribution in [0.3, 0.4) is 0 Å². The van der Waals surface area contributed by atoms with E-state index in [2.05, 4.69) is 27.1 Å². The molecule has 1 saturated heterocycles. The Hall–Kier alpha value is -2.24. The number of hydrogen-bond donors (Lipinski definition) is 0. The van der Waals surface area contributed by atoms with Crippen LogP contribution in [0.15, 0.2) is 47.6 Å². The van der Waals surface area contributed by atoms with E-state index in [1.54, 1.807) is 14.2 Å². The van der Waals surface area contributed by atoms with Crippen molar-refractivity contribution >= 4 is 17.8 Å². The third-order valence-electron chi connectivity index (χ3n) is 4.47. The molecule has 0 saturated carbocycles. The van der Waals surface area contributed by atoms with Gasteiger partial charge in [-0.1, -0.05) is 23.7 Å². The van der Waals surface area contributed by atoms with E-state index in [-0.39, 0.29) is 0 Å². The van der Waals surface area contributed by atoms with Crippen LogP contribution in [-0.2, 0) is 6.54 Å². The lowest BCUT2D eigenvalue weighted by atomic mass is 10.2. The molecular formula is C20H24ClN3O2. The van der Waals surface area contributed by atoms with Crippen LogP contribution in [0, 0.1) is 0 Å². The minimum Gasteiger partial charge on any atom is -0.497 e.